The highest BCUT2D eigenvalue weighted by Gasteiger charge is 2.23. The van der Waals surface area contributed by atoms with E-state index in [1.807, 2.05) is 13.8 Å². The molecule has 0 saturated heterocycles. The van der Waals surface area contributed by atoms with Crippen molar-refractivity contribution >= 4 is 10.0 Å². The van der Waals surface area contributed by atoms with E-state index in [9.17, 15) is 8.42 Å². The third-order valence-corrected chi connectivity index (χ3v) is 4.61. The first-order valence-electron chi connectivity index (χ1n) is 5.93. The lowest BCUT2D eigenvalue weighted by atomic mass is 10.3. The number of hydrogen-bond acceptors (Lipinski definition) is 4. The van der Waals surface area contributed by atoms with Gasteiger partial charge in [-0.25, -0.2) is 8.42 Å². The maximum Gasteiger partial charge on any atom is 0.214 e. The van der Waals surface area contributed by atoms with Crippen LogP contribution in [-0.2, 0) is 21.3 Å². The van der Waals surface area contributed by atoms with E-state index in [2.05, 4.69) is 0 Å². The second-order valence-corrected chi connectivity index (χ2v) is 6.64. The van der Waals surface area contributed by atoms with Gasteiger partial charge >= 0.3 is 0 Å². The monoisotopic (exact) mass is 275 g/mol. The molecular weight excluding hydrogens is 254 g/mol. The average molecular weight is 275 g/mol. The van der Waals surface area contributed by atoms with Gasteiger partial charge in [-0.2, -0.15) is 4.31 Å². The Morgan fingerprint density at radius 2 is 2.17 bits per heavy atom. The molecule has 0 radical (unpaired) electrons. The van der Waals surface area contributed by atoms with Gasteiger partial charge in [0.2, 0.25) is 10.0 Å². The number of ether oxygens (including phenoxy) is 1. The van der Waals surface area contributed by atoms with E-state index in [1.165, 1.54) is 4.31 Å². The van der Waals surface area contributed by atoms with E-state index in [0.717, 1.165) is 5.56 Å². The van der Waals surface area contributed by atoms with Gasteiger partial charge in [-0.05, 0) is 12.0 Å². The van der Waals surface area contributed by atoms with Crippen molar-refractivity contribution in [2.75, 3.05) is 26.0 Å². The molecule has 0 fully saturated rings. The van der Waals surface area contributed by atoms with Gasteiger partial charge in [0.15, 0.2) is 0 Å². The van der Waals surface area contributed by atoms with Crippen LogP contribution in [0.2, 0.25) is 0 Å². The summed E-state index contributed by atoms with van der Waals surface area (Å²) in [6, 6.07) is 1.77. The van der Waals surface area contributed by atoms with E-state index < -0.39 is 10.0 Å². The Bertz CT molecular complexity index is 425. The highest BCUT2D eigenvalue weighted by molar-refractivity contribution is 7.89. The molecule has 0 aromatic carbocycles. The normalized spacial score (nSPS) is 12.5. The molecule has 0 spiro atoms. The van der Waals surface area contributed by atoms with Crippen molar-refractivity contribution < 1.29 is 17.6 Å². The summed E-state index contributed by atoms with van der Waals surface area (Å²) in [6.07, 6.45) is 3.10. The molecular formula is C12H21NO4S. The molecule has 0 aliphatic carbocycles. The van der Waals surface area contributed by atoms with Gasteiger partial charge in [0.05, 0.1) is 24.9 Å². The maximum atomic E-state index is 12.2. The van der Waals surface area contributed by atoms with Crippen LogP contribution in [0.4, 0.5) is 0 Å². The van der Waals surface area contributed by atoms with Gasteiger partial charge in [0, 0.05) is 25.8 Å². The van der Waals surface area contributed by atoms with Crippen LogP contribution in [-0.4, -0.2) is 38.7 Å². The van der Waals surface area contributed by atoms with Crippen molar-refractivity contribution in [1.82, 2.24) is 4.31 Å². The molecule has 0 bridgehead atoms. The third-order valence-electron chi connectivity index (χ3n) is 2.42. The molecule has 0 atom stereocenters. The smallest absolute Gasteiger partial charge is 0.214 e. The molecule has 0 N–H and O–H groups in total. The highest BCUT2D eigenvalue weighted by atomic mass is 32.2. The van der Waals surface area contributed by atoms with Gasteiger partial charge < -0.3 is 9.15 Å². The SMILES string of the molecule is COCCN(Cc1ccoc1)S(=O)(=O)CC(C)C. The quantitative estimate of drug-likeness (QED) is 0.724. The molecule has 6 heteroatoms. The summed E-state index contributed by atoms with van der Waals surface area (Å²) in [6.45, 7) is 4.86. The van der Waals surface area contributed by atoms with Crippen LogP contribution in [0.15, 0.2) is 23.0 Å². The van der Waals surface area contributed by atoms with Crippen LogP contribution in [0, 0.1) is 5.92 Å². The van der Waals surface area contributed by atoms with Crippen LogP contribution in [0.5, 0.6) is 0 Å². The second kappa shape index (κ2) is 6.92. The molecule has 0 unspecified atom stereocenters. The Labute approximate surface area is 109 Å². The lowest BCUT2D eigenvalue weighted by Crippen LogP contribution is -2.36. The van der Waals surface area contributed by atoms with Crippen LogP contribution in [0.1, 0.15) is 19.4 Å². The number of nitrogens with zero attached hydrogens (tertiary/aromatic N) is 1. The van der Waals surface area contributed by atoms with Gasteiger partial charge in [0.25, 0.3) is 0 Å². The summed E-state index contributed by atoms with van der Waals surface area (Å²) < 4.78 is 35.8. The van der Waals surface area contributed by atoms with Crippen LogP contribution in [0.25, 0.3) is 0 Å². The molecule has 5 nitrogen and oxygen atoms in total. The second-order valence-electron chi connectivity index (χ2n) is 4.63. The van der Waals surface area contributed by atoms with E-state index in [1.54, 1.807) is 25.7 Å². The summed E-state index contributed by atoms with van der Waals surface area (Å²) >= 11 is 0. The minimum absolute atomic E-state index is 0.101. The summed E-state index contributed by atoms with van der Waals surface area (Å²) in [5.74, 6) is 0.249. The van der Waals surface area contributed by atoms with Crippen LogP contribution >= 0.6 is 0 Å². The fourth-order valence-electron chi connectivity index (χ4n) is 1.62. The molecule has 18 heavy (non-hydrogen) atoms. The van der Waals surface area contributed by atoms with Crippen molar-refractivity contribution in [1.29, 1.82) is 0 Å². The number of sulfonamides is 1. The predicted octanol–water partition coefficient (Wildman–Crippen LogP) is 1.71. The summed E-state index contributed by atoms with van der Waals surface area (Å²) in [5, 5.41) is 0. The lowest BCUT2D eigenvalue weighted by molar-refractivity contribution is 0.177. The fourth-order valence-corrected chi connectivity index (χ4v) is 3.37. The van der Waals surface area contributed by atoms with Gasteiger partial charge in [-0.15, -0.1) is 0 Å². The minimum atomic E-state index is -3.26. The Kier molecular flexibility index (Phi) is 5.84. The summed E-state index contributed by atoms with van der Waals surface area (Å²) in [7, 11) is -1.70. The van der Waals surface area contributed by atoms with Crippen molar-refractivity contribution in [2.45, 2.75) is 20.4 Å². The number of hydrogen-bond donors (Lipinski definition) is 0. The molecule has 1 aromatic heterocycles. The third kappa shape index (κ3) is 4.80. The average Bonchev–Trinajstić information content (AvgIpc) is 2.74. The topological polar surface area (TPSA) is 59.8 Å². The molecule has 1 aromatic rings. The van der Waals surface area contributed by atoms with Gasteiger partial charge in [-0.3, -0.25) is 0 Å². The number of methoxy groups -OCH3 is 1. The predicted molar refractivity (Wildman–Crippen MR) is 69.6 cm³/mol. The van der Waals surface area contributed by atoms with Crippen LogP contribution < -0.4 is 0 Å². The number of rotatable bonds is 8. The first-order chi connectivity index (χ1) is 8.45. The van der Waals surface area contributed by atoms with E-state index in [0.29, 0.717) is 19.7 Å². The summed E-state index contributed by atoms with van der Waals surface area (Å²) in [4.78, 5) is 0. The van der Waals surface area contributed by atoms with E-state index in [-0.39, 0.29) is 11.7 Å². The maximum absolute atomic E-state index is 12.2. The Morgan fingerprint density at radius 1 is 1.44 bits per heavy atom. The van der Waals surface area contributed by atoms with Gasteiger partial charge in [-0.1, -0.05) is 13.8 Å². The standard InChI is InChI=1S/C12H21NO4S/c1-11(2)10-18(14,15)13(5-7-16-3)8-12-4-6-17-9-12/h4,6,9,11H,5,7-8,10H2,1-3H3. The Morgan fingerprint density at radius 3 is 2.67 bits per heavy atom. The molecule has 0 saturated carbocycles. The van der Waals surface area contributed by atoms with Crippen molar-refractivity contribution in [2.24, 2.45) is 5.92 Å². The van der Waals surface area contributed by atoms with Gasteiger partial charge in [0.1, 0.15) is 0 Å². The molecule has 0 amide bonds. The molecule has 0 aliphatic heterocycles. The lowest BCUT2D eigenvalue weighted by Gasteiger charge is -2.22. The molecule has 1 heterocycles. The van der Waals surface area contributed by atoms with Crippen LogP contribution in [0.3, 0.4) is 0 Å². The Hall–Kier alpha value is -0.850. The largest absolute Gasteiger partial charge is 0.472 e. The first-order valence-corrected chi connectivity index (χ1v) is 7.54. The zero-order valence-corrected chi connectivity index (χ0v) is 11.9. The zero-order valence-electron chi connectivity index (χ0n) is 11.1. The molecule has 104 valence electrons. The first kappa shape index (κ1) is 15.2. The van der Waals surface area contributed by atoms with Crippen molar-refractivity contribution in [3.05, 3.63) is 24.2 Å². The minimum Gasteiger partial charge on any atom is -0.472 e. The fraction of sp³-hybridized carbons (Fsp3) is 0.667. The van der Waals surface area contributed by atoms with Crippen molar-refractivity contribution in [3.63, 3.8) is 0 Å². The van der Waals surface area contributed by atoms with E-state index in [4.69, 9.17) is 9.15 Å². The molecule has 1 rings (SSSR count). The number of furan rings is 1. The zero-order chi connectivity index (χ0) is 13.6. The van der Waals surface area contributed by atoms with Crippen molar-refractivity contribution in [3.8, 4) is 0 Å². The molecule has 0 aliphatic rings. The van der Waals surface area contributed by atoms with E-state index >= 15 is 0 Å². The highest BCUT2D eigenvalue weighted by Crippen LogP contribution is 2.12. The summed E-state index contributed by atoms with van der Waals surface area (Å²) in [5.41, 5.74) is 0.846. The Balaban J connectivity index is 2.77.